The largest absolute Gasteiger partial charge is 0.395 e. The van der Waals surface area contributed by atoms with Gasteiger partial charge in [-0.3, -0.25) is 14.3 Å². The third-order valence-electron chi connectivity index (χ3n) is 11.2. The molecule has 2 fully saturated rings. The fraction of sp³-hybridized carbons (Fsp3) is 0.436. The van der Waals surface area contributed by atoms with Gasteiger partial charge >= 0.3 is 0 Å². The van der Waals surface area contributed by atoms with E-state index in [1.54, 1.807) is 53.1 Å². The summed E-state index contributed by atoms with van der Waals surface area (Å²) in [6.07, 6.45) is -7.22. The summed E-state index contributed by atoms with van der Waals surface area (Å²) in [5.41, 5.74) is 1.99. The molecule has 1 aromatic heterocycles. The first-order valence-corrected chi connectivity index (χ1v) is 21.3. The highest BCUT2D eigenvalue weighted by atomic mass is 28.4. The number of aliphatic hydroxyl groups is 5. The highest BCUT2D eigenvalue weighted by molar-refractivity contribution is 6.72. The second-order valence-electron chi connectivity index (χ2n) is 15.1. The molecule has 0 aliphatic carbocycles. The Morgan fingerprint density at radius 2 is 1.67 bits per heavy atom. The van der Waals surface area contributed by atoms with Crippen molar-refractivity contribution in [3.63, 3.8) is 0 Å². The Bertz CT molecular complexity index is 2000. The van der Waals surface area contributed by atoms with Gasteiger partial charge in [-0.1, -0.05) is 72.8 Å². The summed E-state index contributed by atoms with van der Waals surface area (Å²) in [4.78, 5) is 29.2. The molecule has 4 aromatic rings. The molecule has 10 atom stereocenters. The molecule has 1 unspecified atom stereocenters. The van der Waals surface area contributed by atoms with Crippen molar-refractivity contribution >= 4 is 31.6 Å². The number of hydrogen-bond donors (Lipinski definition) is 6. The molecule has 7 rings (SSSR count). The van der Waals surface area contributed by atoms with Gasteiger partial charge in [-0.05, 0) is 48.8 Å². The Morgan fingerprint density at radius 3 is 2.36 bits per heavy atom. The van der Waals surface area contributed by atoms with Crippen molar-refractivity contribution in [2.45, 2.75) is 93.4 Å². The number of benzene rings is 3. The Balaban J connectivity index is 1.08. The van der Waals surface area contributed by atoms with Crippen LogP contribution in [0.4, 0.5) is 15.5 Å². The van der Waals surface area contributed by atoms with Crippen LogP contribution in [-0.4, -0.2) is 104 Å². The first-order valence-electron chi connectivity index (χ1n) is 18.4. The van der Waals surface area contributed by atoms with Crippen LogP contribution in [0.3, 0.4) is 0 Å². The average molecular weight is 776 g/mol. The van der Waals surface area contributed by atoms with Gasteiger partial charge in [-0.25, -0.2) is 0 Å². The Kier molecular flexibility index (Phi) is 10.8. The number of fused-ring (bicyclic) bond motifs is 2. The van der Waals surface area contributed by atoms with E-state index in [2.05, 4.69) is 15.6 Å². The van der Waals surface area contributed by atoms with Gasteiger partial charge in [0.15, 0.2) is 18.0 Å². The Morgan fingerprint density at radius 1 is 0.982 bits per heavy atom. The number of amides is 2. The molecule has 1 spiro atoms. The maximum Gasteiger partial charge on any atom is 0.264 e. The van der Waals surface area contributed by atoms with Crippen molar-refractivity contribution in [1.29, 1.82) is 0 Å². The number of aliphatic hydroxyl groups excluding tert-OH is 5. The number of ether oxygens (including phenoxy) is 2. The van der Waals surface area contributed by atoms with Crippen molar-refractivity contribution in [2.75, 3.05) is 16.8 Å². The lowest BCUT2D eigenvalue weighted by molar-refractivity contribution is -0.274. The molecular formula is C39H46FN5O9Si. The van der Waals surface area contributed by atoms with E-state index in [-0.39, 0.29) is 25.0 Å². The summed E-state index contributed by atoms with van der Waals surface area (Å²) in [7, 11) is -3.41. The number of halogens is 1. The van der Waals surface area contributed by atoms with Crippen molar-refractivity contribution < 1.29 is 48.7 Å². The van der Waals surface area contributed by atoms with Crippen LogP contribution in [-0.2, 0) is 37.8 Å². The molecule has 3 aliphatic rings. The number of hydrogen-bond acceptors (Lipinski definition) is 11. The fourth-order valence-corrected chi connectivity index (χ4v) is 11.0. The van der Waals surface area contributed by atoms with Gasteiger partial charge in [-0.2, -0.15) is 0 Å². The van der Waals surface area contributed by atoms with E-state index in [9.17, 15) is 35.1 Å². The zero-order valence-corrected chi connectivity index (χ0v) is 31.6. The van der Waals surface area contributed by atoms with Crippen LogP contribution in [0.15, 0.2) is 85.1 Å². The number of carbonyl (C=O) groups excluding carboxylic acids is 2. The van der Waals surface area contributed by atoms with E-state index in [4.69, 9.17) is 9.47 Å². The molecular weight excluding hydrogens is 730 g/mol. The monoisotopic (exact) mass is 775 g/mol. The predicted molar refractivity (Wildman–Crippen MR) is 200 cm³/mol. The van der Waals surface area contributed by atoms with Crippen LogP contribution < -0.4 is 10.2 Å². The third-order valence-corrected chi connectivity index (χ3v) is 13.7. The highest BCUT2D eigenvalue weighted by Gasteiger charge is 2.66. The van der Waals surface area contributed by atoms with Gasteiger partial charge in [0, 0.05) is 35.5 Å². The van der Waals surface area contributed by atoms with Gasteiger partial charge in [0.1, 0.15) is 18.3 Å². The Labute approximate surface area is 318 Å². The van der Waals surface area contributed by atoms with E-state index in [1.165, 1.54) is 0 Å². The minimum absolute atomic E-state index is 0.137. The van der Waals surface area contributed by atoms with E-state index in [0.29, 0.717) is 35.6 Å². The van der Waals surface area contributed by atoms with E-state index >= 15 is 4.11 Å². The highest BCUT2D eigenvalue weighted by Crippen LogP contribution is 2.60. The predicted octanol–water partition coefficient (Wildman–Crippen LogP) is 2.55. The molecule has 3 aromatic carbocycles. The molecule has 2 saturated heterocycles. The van der Waals surface area contributed by atoms with E-state index < -0.39 is 68.2 Å². The molecule has 0 saturated carbocycles. The summed E-state index contributed by atoms with van der Waals surface area (Å²) in [6.45, 7) is 5.60. The number of nitrogens with one attached hydrogen (secondary N) is 1. The first-order chi connectivity index (χ1) is 26.2. The van der Waals surface area contributed by atoms with Gasteiger partial charge in [0.05, 0.1) is 36.6 Å². The molecule has 16 heteroatoms. The normalized spacial score (nSPS) is 29.8. The molecule has 55 heavy (non-hydrogen) atoms. The summed E-state index contributed by atoms with van der Waals surface area (Å²) >= 11 is 0. The number of nitrogens with zero attached hydrogens (tertiary/aromatic N) is 4. The summed E-state index contributed by atoms with van der Waals surface area (Å²) in [6, 6.07) is 23.6. The van der Waals surface area contributed by atoms with Crippen LogP contribution in [0.25, 0.3) is 0 Å². The SMILES string of the molecule is C[C@H]1[C@H]([Si](C)(C)F)[C@@H](CCn2cc(C(CO)c3ccccc3)nn2)O[C@]12C(=O)N(Cc1ccc(NC(=O)[C@H]3O[C@@H](O)[C@H](O)[C@@H](O)[C@@H]3O)cc1)c1ccccc12. The summed E-state index contributed by atoms with van der Waals surface area (Å²) in [5.74, 6) is -1.95. The number of rotatable bonds is 11. The number of para-hydroxylation sites is 1. The van der Waals surface area contributed by atoms with Gasteiger partial charge < -0.3 is 49.3 Å². The molecule has 0 bridgehead atoms. The van der Waals surface area contributed by atoms with Crippen molar-refractivity contribution in [1.82, 2.24) is 15.0 Å². The van der Waals surface area contributed by atoms with Crippen molar-refractivity contribution in [2.24, 2.45) is 5.92 Å². The molecule has 14 nitrogen and oxygen atoms in total. The second kappa shape index (κ2) is 15.3. The van der Waals surface area contributed by atoms with Crippen LogP contribution >= 0.6 is 0 Å². The topological polar surface area (TPSA) is 200 Å². The standard InChI is InChI=1S/C39H46FN5O9Si/c1-22-35(55(2,3)40)30(17-18-44-20-28(42-43-44)26(21-46)24-9-5-4-6-10-24)54-39(22)27-11-7-8-12-29(27)45(38(39)52)19-23-13-15-25(16-14-23)41-36(50)34-32(48)31(47)33(49)37(51)53-34/h4-16,20,22,26,30-35,37,46-49,51H,17-19,21H2,1-3H3,(H,41,50)/t22-,26?,30+,31-,32-,33+,34-,35-,37+,39+/m0/s1. The molecule has 2 amide bonds. The van der Waals surface area contributed by atoms with Gasteiger partial charge in [0.25, 0.3) is 11.8 Å². The zero-order chi connectivity index (χ0) is 39.2. The molecule has 0 radical (unpaired) electrons. The number of anilines is 2. The first kappa shape index (κ1) is 38.9. The number of carbonyl (C=O) groups is 2. The maximum absolute atomic E-state index is 16.4. The number of aromatic nitrogens is 3. The molecule has 6 N–H and O–H groups in total. The third kappa shape index (κ3) is 7.13. The molecule has 292 valence electrons. The fourth-order valence-electron chi connectivity index (χ4n) is 8.49. The van der Waals surface area contributed by atoms with Crippen LogP contribution in [0.2, 0.25) is 18.6 Å². The lowest BCUT2D eigenvalue weighted by Crippen LogP contribution is -2.60. The lowest BCUT2D eigenvalue weighted by Gasteiger charge is -2.37. The summed E-state index contributed by atoms with van der Waals surface area (Å²) < 4.78 is 29.9. The molecule has 4 heterocycles. The van der Waals surface area contributed by atoms with Crippen molar-refractivity contribution in [3.05, 3.63) is 107 Å². The van der Waals surface area contributed by atoms with Crippen LogP contribution in [0.5, 0.6) is 0 Å². The lowest BCUT2D eigenvalue weighted by atomic mass is 9.82. The van der Waals surface area contributed by atoms with Gasteiger partial charge in [-0.15, -0.1) is 5.10 Å². The number of aryl methyl sites for hydroxylation is 1. The smallest absolute Gasteiger partial charge is 0.264 e. The van der Waals surface area contributed by atoms with Crippen LogP contribution in [0, 0.1) is 5.92 Å². The van der Waals surface area contributed by atoms with E-state index in [0.717, 1.165) is 11.1 Å². The summed E-state index contributed by atoms with van der Waals surface area (Å²) in [5, 5.41) is 61.1. The van der Waals surface area contributed by atoms with Crippen molar-refractivity contribution in [3.8, 4) is 0 Å². The second-order valence-corrected chi connectivity index (χ2v) is 18.9. The van der Waals surface area contributed by atoms with Gasteiger partial charge in [0.2, 0.25) is 8.41 Å². The molecule has 3 aliphatic heterocycles. The Hall–Kier alpha value is -4.39. The maximum atomic E-state index is 16.4. The zero-order valence-electron chi connectivity index (χ0n) is 30.6. The quantitative estimate of drug-likeness (QED) is 0.0967. The van der Waals surface area contributed by atoms with E-state index in [1.807, 2.05) is 61.5 Å². The average Bonchev–Trinajstić information content (AvgIpc) is 3.83. The minimum Gasteiger partial charge on any atom is -0.395 e. The minimum atomic E-state index is -3.41. The van der Waals surface area contributed by atoms with Crippen LogP contribution in [0.1, 0.15) is 41.6 Å².